The van der Waals surface area contributed by atoms with Crippen molar-refractivity contribution in [1.29, 1.82) is 0 Å². The van der Waals surface area contributed by atoms with Crippen molar-refractivity contribution in [2.24, 2.45) is 11.8 Å². The summed E-state index contributed by atoms with van der Waals surface area (Å²) in [6.07, 6.45) is -3.16. The number of aliphatic carboxylic acids is 1. The lowest BCUT2D eigenvalue weighted by atomic mass is 9.96. The minimum absolute atomic E-state index is 0.00687. The number of aromatic nitrogens is 1. The molecule has 2 rings (SSSR count). The van der Waals surface area contributed by atoms with Gasteiger partial charge in [0.05, 0.1) is 18.4 Å². The predicted molar refractivity (Wildman–Crippen MR) is 79.9 cm³/mol. The summed E-state index contributed by atoms with van der Waals surface area (Å²) < 4.78 is 44.2. The SMILES string of the molecule is CCOc1ncccc1CNC(=O)N1C[C@@H](C(F)(F)F)[C@H](C(=O)O)C1. The van der Waals surface area contributed by atoms with Gasteiger partial charge in [-0.3, -0.25) is 4.79 Å². The molecule has 0 saturated carbocycles. The second-order valence-electron chi connectivity index (χ2n) is 5.56. The highest BCUT2D eigenvalue weighted by atomic mass is 19.4. The van der Waals surface area contributed by atoms with Crippen LogP contribution < -0.4 is 10.1 Å². The number of rotatable bonds is 5. The number of hydrogen-bond acceptors (Lipinski definition) is 4. The first kappa shape index (κ1) is 18.8. The molecule has 2 atom stereocenters. The zero-order valence-electron chi connectivity index (χ0n) is 13.4. The molecule has 1 aromatic heterocycles. The molecule has 1 aromatic rings. The van der Waals surface area contributed by atoms with Gasteiger partial charge in [-0.25, -0.2) is 9.78 Å². The molecule has 25 heavy (non-hydrogen) atoms. The average Bonchev–Trinajstić information content (AvgIpc) is 3.00. The molecule has 138 valence electrons. The Labute approximate surface area is 141 Å². The van der Waals surface area contributed by atoms with E-state index in [0.29, 0.717) is 18.1 Å². The number of urea groups is 1. The Bertz CT molecular complexity index is 639. The number of carbonyl (C=O) groups is 2. The summed E-state index contributed by atoms with van der Waals surface area (Å²) >= 11 is 0. The molecule has 1 fully saturated rings. The van der Waals surface area contributed by atoms with Gasteiger partial charge >= 0.3 is 18.2 Å². The van der Waals surface area contributed by atoms with E-state index in [-0.39, 0.29) is 6.54 Å². The van der Waals surface area contributed by atoms with Gasteiger partial charge in [0.1, 0.15) is 0 Å². The summed E-state index contributed by atoms with van der Waals surface area (Å²) in [4.78, 5) is 28.0. The van der Waals surface area contributed by atoms with Gasteiger partial charge in [0, 0.05) is 31.4 Å². The molecule has 7 nitrogen and oxygen atoms in total. The fraction of sp³-hybridized carbons (Fsp3) is 0.533. The average molecular weight is 361 g/mol. The second-order valence-corrected chi connectivity index (χ2v) is 5.56. The van der Waals surface area contributed by atoms with Gasteiger partial charge in [-0.05, 0) is 13.0 Å². The van der Waals surface area contributed by atoms with Crippen LogP contribution in [0.1, 0.15) is 12.5 Å². The van der Waals surface area contributed by atoms with Crippen molar-refractivity contribution in [3.63, 3.8) is 0 Å². The van der Waals surface area contributed by atoms with Crippen LogP contribution in [0.4, 0.5) is 18.0 Å². The number of carboxylic acid groups (broad SMARTS) is 1. The van der Waals surface area contributed by atoms with Gasteiger partial charge in [-0.2, -0.15) is 13.2 Å². The lowest BCUT2D eigenvalue weighted by Crippen LogP contribution is -2.39. The molecule has 2 amide bonds. The maximum atomic E-state index is 12.9. The van der Waals surface area contributed by atoms with Gasteiger partial charge in [0.25, 0.3) is 0 Å². The highest BCUT2D eigenvalue weighted by molar-refractivity contribution is 5.77. The summed E-state index contributed by atoms with van der Waals surface area (Å²) in [7, 11) is 0. The normalized spacial score (nSPS) is 20.4. The first-order chi connectivity index (χ1) is 11.7. The molecule has 0 aliphatic carbocycles. The molecule has 2 N–H and O–H groups in total. The molecule has 2 heterocycles. The maximum Gasteiger partial charge on any atom is 0.394 e. The molecule has 0 spiro atoms. The fourth-order valence-electron chi connectivity index (χ4n) is 2.66. The maximum absolute atomic E-state index is 12.9. The van der Waals surface area contributed by atoms with Crippen molar-refractivity contribution in [2.45, 2.75) is 19.6 Å². The lowest BCUT2D eigenvalue weighted by molar-refractivity contribution is -0.187. The van der Waals surface area contributed by atoms with Gasteiger partial charge in [0.15, 0.2) is 0 Å². The minimum Gasteiger partial charge on any atom is -0.481 e. The Morgan fingerprint density at radius 1 is 1.44 bits per heavy atom. The number of ether oxygens (including phenoxy) is 1. The number of halogens is 3. The van der Waals surface area contributed by atoms with E-state index in [1.807, 2.05) is 0 Å². The van der Waals surface area contributed by atoms with E-state index in [1.165, 1.54) is 6.20 Å². The summed E-state index contributed by atoms with van der Waals surface area (Å²) in [5.41, 5.74) is 0.569. The van der Waals surface area contributed by atoms with E-state index in [0.717, 1.165) is 4.90 Å². The molecular weight excluding hydrogens is 343 g/mol. The first-order valence-electron chi connectivity index (χ1n) is 7.63. The van der Waals surface area contributed by atoms with Crippen LogP contribution in [0.25, 0.3) is 0 Å². The molecule has 1 aliphatic rings. The van der Waals surface area contributed by atoms with Crippen LogP contribution in [-0.2, 0) is 11.3 Å². The topological polar surface area (TPSA) is 91.8 Å². The second kappa shape index (κ2) is 7.58. The molecule has 1 aliphatic heterocycles. The third-order valence-electron chi connectivity index (χ3n) is 3.91. The van der Waals surface area contributed by atoms with Gasteiger partial charge in [0.2, 0.25) is 5.88 Å². The highest BCUT2D eigenvalue weighted by Crippen LogP contribution is 2.37. The van der Waals surface area contributed by atoms with E-state index < -0.39 is 43.1 Å². The van der Waals surface area contributed by atoms with E-state index in [2.05, 4.69) is 10.3 Å². The number of nitrogens with zero attached hydrogens (tertiary/aromatic N) is 2. The van der Waals surface area contributed by atoms with Crippen LogP contribution in [0.15, 0.2) is 18.3 Å². The summed E-state index contributed by atoms with van der Waals surface area (Å²) in [5.74, 6) is -4.98. The van der Waals surface area contributed by atoms with Crippen molar-refractivity contribution >= 4 is 12.0 Å². The van der Waals surface area contributed by atoms with Crippen molar-refractivity contribution in [3.05, 3.63) is 23.9 Å². The van der Waals surface area contributed by atoms with Crippen LogP contribution in [0.3, 0.4) is 0 Å². The fourth-order valence-corrected chi connectivity index (χ4v) is 2.66. The van der Waals surface area contributed by atoms with E-state index in [4.69, 9.17) is 9.84 Å². The largest absolute Gasteiger partial charge is 0.481 e. The van der Waals surface area contributed by atoms with Crippen molar-refractivity contribution in [3.8, 4) is 5.88 Å². The quantitative estimate of drug-likeness (QED) is 0.836. The standard InChI is InChI=1S/C15H18F3N3O4/c1-2-25-12-9(4-3-5-19-12)6-20-14(24)21-7-10(13(22)23)11(8-21)15(16,17)18/h3-5,10-11H,2,6-8H2,1H3,(H,20,24)(H,22,23)/t10-,11-/m1/s1. The summed E-state index contributed by atoms with van der Waals surface area (Å²) in [6.45, 7) is 0.976. The van der Waals surface area contributed by atoms with Crippen molar-refractivity contribution in [2.75, 3.05) is 19.7 Å². The van der Waals surface area contributed by atoms with E-state index in [1.54, 1.807) is 19.1 Å². The van der Waals surface area contributed by atoms with Crippen LogP contribution in [-0.4, -0.2) is 52.9 Å². The van der Waals surface area contributed by atoms with Crippen molar-refractivity contribution < 1.29 is 32.6 Å². The predicted octanol–water partition coefficient (Wildman–Crippen LogP) is 1.88. The molecule has 0 radical (unpaired) electrons. The zero-order chi connectivity index (χ0) is 18.6. The Kier molecular flexibility index (Phi) is 5.70. The number of hydrogen-bond donors (Lipinski definition) is 2. The number of carboxylic acids is 1. The number of likely N-dealkylation sites (tertiary alicyclic amines) is 1. The van der Waals surface area contributed by atoms with Gasteiger partial charge < -0.3 is 20.1 Å². The van der Waals surface area contributed by atoms with Crippen LogP contribution in [0.5, 0.6) is 5.88 Å². The Morgan fingerprint density at radius 2 is 2.16 bits per heavy atom. The lowest BCUT2D eigenvalue weighted by Gasteiger charge is -2.19. The monoisotopic (exact) mass is 361 g/mol. The number of amides is 2. The van der Waals surface area contributed by atoms with E-state index >= 15 is 0 Å². The van der Waals surface area contributed by atoms with E-state index in [9.17, 15) is 22.8 Å². The number of pyridine rings is 1. The highest BCUT2D eigenvalue weighted by Gasteiger charge is 2.53. The van der Waals surface area contributed by atoms with Gasteiger partial charge in [-0.15, -0.1) is 0 Å². The minimum atomic E-state index is -4.68. The molecular formula is C15H18F3N3O4. The Hall–Kier alpha value is -2.52. The van der Waals surface area contributed by atoms with Crippen molar-refractivity contribution in [1.82, 2.24) is 15.2 Å². The molecule has 0 unspecified atom stereocenters. The summed E-state index contributed by atoms with van der Waals surface area (Å²) in [5, 5.41) is 11.4. The third kappa shape index (κ3) is 4.52. The number of nitrogens with one attached hydrogen (secondary N) is 1. The van der Waals surface area contributed by atoms with Crippen LogP contribution in [0.2, 0.25) is 0 Å². The molecule has 0 aromatic carbocycles. The molecule has 10 heteroatoms. The molecule has 1 saturated heterocycles. The Balaban J connectivity index is 2.01. The van der Waals surface area contributed by atoms with Crippen LogP contribution >= 0.6 is 0 Å². The Morgan fingerprint density at radius 3 is 2.72 bits per heavy atom. The van der Waals surface area contributed by atoms with Gasteiger partial charge in [-0.1, -0.05) is 6.07 Å². The zero-order valence-corrected chi connectivity index (χ0v) is 13.4. The number of carbonyl (C=O) groups excluding carboxylic acids is 1. The molecule has 0 bridgehead atoms. The number of alkyl halides is 3. The smallest absolute Gasteiger partial charge is 0.394 e. The summed E-state index contributed by atoms with van der Waals surface area (Å²) in [6, 6.07) is 2.55. The third-order valence-corrected chi connectivity index (χ3v) is 3.91. The first-order valence-corrected chi connectivity index (χ1v) is 7.63. The van der Waals surface area contributed by atoms with Crippen LogP contribution in [0, 0.1) is 11.8 Å².